The Morgan fingerprint density at radius 2 is 1.65 bits per heavy atom. The number of hydrogen-bond donors (Lipinski definition) is 1. The van der Waals surface area contributed by atoms with Gasteiger partial charge in [-0.3, -0.25) is 4.79 Å². The molecule has 0 atom stereocenters. The number of anilines is 1. The Bertz CT molecular complexity index is 925. The second kappa shape index (κ2) is 7.31. The average molecular weight is 351 g/mol. The van der Waals surface area contributed by atoms with Gasteiger partial charge < -0.3 is 14.8 Å². The van der Waals surface area contributed by atoms with Crippen molar-refractivity contribution in [1.82, 2.24) is 9.78 Å². The smallest absolute Gasteiger partial charge is 0.263 e. The quantitative estimate of drug-likeness (QED) is 0.760. The van der Waals surface area contributed by atoms with Gasteiger partial charge in [0, 0.05) is 11.4 Å². The summed E-state index contributed by atoms with van der Waals surface area (Å²) in [6.07, 6.45) is 0. The van der Waals surface area contributed by atoms with E-state index in [0.29, 0.717) is 22.7 Å². The fraction of sp³-hybridized carbons (Fsp3) is 0.200. The molecule has 0 radical (unpaired) electrons. The molecule has 0 bridgehead atoms. The van der Waals surface area contributed by atoms with Crippen LogP contribution in [-0.2, 0) is 0 Å². The summed E-state index contributed by atoms with van der Waals surface area (Å²) >= 11 is 0. The molecule has 0 spiro atoms. The van der Waals surface area contributed by atoms with Gasteiger partial charge >= 0.3 is 0 Å². The van der Waals surface area contributed by atoms with Gasteiger partial charge in [-0.1, -0.05) is 12.1 Å². The molecule has 1 N–H and O–H groups in total. The third-order valence-electron chi connectivity index (χ3n) is 4.01. The number of amides is 1. The highest BCUT2D eigenvalue weighted by atomic mass is 16.5. The van der Waals surface area contributed by atoms with Gasteiger partial charge in [-0.25, -0.2) is 4.68 Å². The van der Waals surface area contributed by atoms with Gasteiger partial charge in [0.2, 0.25) is 0 Å². The summed E-state index contributed by atoms with van der Waals surface area (Å²) in [5.74, 6) is 0.609. The summed E-state index contributed by atoms with van der Waals surface area (Å²) in [5, 5.41) is 7.38. The molecule has 134 valence electrons. The maximum absolute atomic E-state index is 12.8. The molecule has 0 unspecified atom stereocenters. The summed E-state index contributed by atoms with van der Waals surface area (Å²) in [7, 11) is 3.05. The van der Waals surface area contributed by atoms with Gasteiger partial charge in [0.25, 0.3) is 5.91 Å². The van der Waals surface area contributed by atoms with Crippen LogP contribution in [0, 0.1) is 13.8 Å². The molecule has 6 heteroatoms. The fourth-order valence-corrected chi connectivity index (χ4v) is 2.87. The predicted octanol–water partition coefficient (Wildman–Crippen LogP) is 3.76. The van der Waals surface area contributed by atoms with Crippen LogP contribution < -0.4 is 14.8 Å². The fourth-order valence-electron chi connectivity index (χ4n) is 2.87. The van der Waals surface area contributed by atoms with Crippen LogP contribution in [-0.4, -0.2) is 29.9 Å². The normalized spacial score (nSPS) is 10.5. The first-order valence-corrected chi connectivity index (χ1v) is 8.19. The molecular formula is C20H21N3O3. The lowest BCUT2D eigenvalue weighted by atomic mass is 10.1. The third-order valence-corrected chi connectivity index (χ3v) is 4.01. The lowest BCUT2D eigenvalue weighted by Gasteiger charge is -2.13. The van der Waals surface area contributed by atoms with Gasteiger partial charge in [0.1, 0.15) is 17.1 Å². The standard InChI is InChI=1S/C20H21N3O3/c1-13-11-14(2)23(22-13)16-8-5-7-15(12-16)21-20(24)19-17(25-3)9-6-10-18(19)26-4/h5-12H,1-4H3,(H,21,24). The van der Waals surface area contributed by atoms with Crippen LogP contribution in [0.3, 0.4) is 0 Å². The van der Waals surface area contributed by atoms with Crippen molar-refractivity contribution in [2.45, 2.75) is 13.8 Å². The number of carbonyl (C=O) groups excluding carboxylic acids is 1. The molecule has 6 nitrogen and oxygen atoms in total. The molecule has 0 saturated heterocycles. The van der Waals surface area contributed by atoms with E-state index in [1.54, 1.807) is 18.2 Å². The molecule has 1 aromatic heterocycles. The first kappa shape index (κ1) is 17.5. The second-order valence-corrected chi connectivity index (χ2v) is 5.88. The molecule has 0 fully saturated rings. The molecule has 1 heterocycles. The molecule has 26 heavy (non-hydrogen) atoms. The molecule has 1 amide bonds. The van der Waals surface area contributed by atoms with Crippen LogP contribution in [0.4, 0.5) is 5.69 Å². The van der Waals surface area contributed by atoms with Crippen LogP contribution in [0.15, 0.2) is 48.5 Å². The number of aryl methyl sites for hydroxylation is 2. The highest BCUT2D eigenvalue weighted by Crippen LogP contribution is 2.29. The largest absolute Gasteiger partial charge is 0.496 e. The van der Waals surface area contributed by atoms with Crippen molar-refractivity contribution in [1.29, 1.82) is 0 Å². The van der Waals surface area contributed by atoms with E-state index in [1.165, 1.54) is 14.2 Å². The lowest BCUT2D eigenvalue weighted by molar-refractivity contribution is 0.102. The molecule has 0 aliphatic carbocycles. The zero-order valence-electron chi connectivity index (χ0n) is 15.2. The Balaban J connectivity index is 1.92. The van der Waals surface area contributed by atoms with E-state index in [2.05, 4.69) is 10.4 Å². The van der Waals surface area contributed by atoms with Gasteiger partial charge in [-0.2, -0.15) is 5.10 Å². The molecular weight excluding hydrogens is 330 g/mol. The van der Waals surface area contributed by atoms with E-state index in [-0.39, 0.29) is 5.91 Å². The van der Waals surface area contributed by atoms with E-state index in [1.807, 2.05) is 48.9 Å². The number of ether oxygens (including phenoxy) is 2. The van der Waals surface area contributed by atoms with E-state index in [9.17, 15) is 4.79 Å². The molecule has 0 aliphatic rings. The lowest BCUT2D eigenvalue weighted by Crippen LogP contribution is -2.15. The van der Waals surface area contributed by atoms with Gasteiger partial charge in [-0.05, 0) is 50.2 Å². The monoisotopic (exact) mass is 351 g/mol. The Morgan fingerprint density at radius 3 is 2.23 bits per heavy atom. The minimum atomic E-state index is -0.301. The Morgan fingerprint density at radius 1 is 1.00 bits per heavy atom. The Hall–Kier alpha value is -3.28. The minimum Gasteiger partial charge on any atom is -0.496 e. The highest BCUT2D eigenvalue weighted by Gasteiger charge is 2.18. The first-order valence-electron chi connectivity index (χ1n) is 8.19. The molecule has 3 rings (SSSR count). The first-order chi connectivity index (χ1) is 12.5. The summed E-state index contributed by atoms with van der Waals surface area (Å²) in [4.78, 5) is 12.8. The Labute approximate surface area is 152 Å². The molecule has 2 aromatic carbocycles. The number of methoxy groups -OCH3 is 2. The number of hydrogen-bond acceptors (Lipinski definition) is 4. The second-order valence-electron chi connectivity index (χ2n) is 5.88. The predicted molar refractivity (Wildman–Crippen MR) is 101 cm³/mol. The van der Waals surface area contributed by atoms with Crippen molar-refractivity contribution in [3.8, 4) is 17.2 Å². The van der Waals surface area contributed by atoms with Crippen LogP contribution in [0.1, 0.15) is 21.7 Å². The van der Waals surface area contributed by atoms with Gasteiger partial charge in [0.05, 0.1) is 25.6 Å². The summed E-state index contributed by atoms with van der Waals surface area (Å²) in [6, 6.07) is 14.8. The Kier molecular flexibility index (Phi) is 4.93. The molecule has 0 aliphatic heterocycles. The van der Waals surface area contributed by atoms with Gasteiger partial charge in [0.15, 0.2) is 0 Å². The SMILES string of the molecule is COc1cccc(OC)c1C(=O)Nc1cccc(-n2nc(C)cc2C)c1. The van der Waals surface area contributed by atoms with Crippen molar-refractivity contribution in [3.63, 3.8) is 0 Å². The molecule has 0 saturated carbocycles. The van der Waals surface area contributed by atoms with Crippen LogP contribution in [0.2, 0.25) is 0 Å². The van der Waals surface area contributed by atoms with Crippen molar-refractivity contribution >= 4 is 11.6 Å². The van der Waals surface area contributed by atoms with Crippen molar-refractivity contribution in [2.75, 3.05) is 19.5 Å². The number of rotatable bonds is 5. The maximum Gasteiger partial charge on any atom is 0.263 e. The summed E-state index contributed by atoms with van der Waals surface area (Å²) in [5.41, 5.74) is 3.86. The number of carbonyl (C=O) groups is 1. The molecule has 3 aromatic rings. The van der Waals surface area contributed by atoms with Crippen molar-refractivity contribution < 1.29 is 14.3 Å². The van der Waals surface area contributed by atoms with E-state index < -0.39 is 0 Å². The van der Waals surface area contributed by atoms with Crippen molar-refractivity contribution in [3.05, 3.63) is 65.5 Å². The van der Waals surface area contributed by atoms with Crippen LogP contribution in [0.25, 0.3) is 5.69 Å². The number of aromatic nitrogens is 2. The number of benzene rings is 2. The average Bonchev–Trinajstić information content (AvgIpc) is 2.99. The highest BCUT2D eigenvalue weighted by molar-refractivity contribution is 6.08. The zero-order chi connectivity index (χ0) is 18.7. The van der Waals surface area contributed by atoms with Crippen LogP contribution >= 0.6 is 0 Å². The maximum atomic E-state index is 12.8. The number of nitrogens with zero attached hydrogens (tertiary/aromatic N) is 2. The number of nitrogens with one attached hydrogen (secondary N) is 1. The third kappa shape index (κ3) is 3.39. The minimum absolute atomic E-state index is 0.301. The van der Waals surface area contributed by atoms with Gasteiger partial charge in [-0.15, -0.1) is 0 Å². The van der Waals surface area contributed by atoms with Crippen LogP contribution in [0.5, 0.6) is 11.5 Å². The van der Waals surface area contributed by atoms with Crippen molar-refractivity contribution in [2.24, 2.45) is 0 Å². The topological polar surface area (TPSA) is 65.4 Å². The summed E-state index contributed by atoms with van der Waals surface area (Å²) in [6.45, 7) is 3.94. The summed E-state index contributed by atoms with van der Waals surface area (Å²) < 4.78 is 12.4. The zero-order valence-corrected chi connectivity index (χ0v) is 15.2. The van der Waals surface area contributed by atoms with E-state index in [4.69, 9.17) is 9.47 Å². The van der Waals surface area contributed by atoms with E-state index in [0.717, 1.165) is 17.1 Å². The van der Waals surface area contributed by atoms with E-state index >= 15 is 0 Å².